The van der Waals surface area contributed by atoms with Gasteiger partial charge in [0, 0.05) is 0 Å². The van der Waals surface area contributed by atoms with Crippen LogP contribution >= 0.6 is 0 Å². The summed E-state index contributed by atoms with van der Waals surface area (Å²) in [5.74, 6) is 2.93. The fourth-order valence-corrected chi connectivity index (χ4v) is 5.51. The Morgan fingerprint density at radius 1 is 1.06 bits per heavy atom. The molecule has 0 aliphatic heterocycles. The van der Waals surface area contributed by atoms with Gasteiger partial charge in [0.15, 0.2) is 0 Å². The molecule has 0 radical (unpaired) electrons. The van der Waals surface area contributed by atoms with Crippen molar-refractivity contribution in [3.05, 3.63) is 35.4 Å². The largest absolute Gasteiger partial charge is 0.0620 e. The van der Waals surface area contributed by atoms with Crippen molar-refractivity contribution in [3.63, 3.8) is 0 Å². The van der Waals surface area contributed by atoms with E-state index in [0.717, 1.165) is 17.8 Å². The number of hydrogen-bond acceptors (Lipinski definition) is 0. The molecule has 4 rings (SSSR count). The summed E-state index contributed by atoms with van der Waals surface area (Å²) < 4.78 is 0. The van der Waals surface area contributed by atoms with E-state index in [4.69, 9.17) is 0 Å². The zero-order valence-corrected chi connectivity index (χ0v) is 11.5. The van der Waals surface area contributed by atoms with E-state index in [1.807, 2.05) is 0 Å². The predicted octanol–water partition coefficient (Wildman–Crippen LogP) is 4.93. The van der Waals surface area contributed by atoms with E-state index in [1.54, 1.807) is 11.1 Å². The minimum atomic E-state index is 0.702. The van der Waals surface area contributed by atoms with E-state index in [-0.39, 0.29) is 0 Å². The monoisotopic (exact) mass is 240 g/mol. The lowest BCUT2D eigenvalue weighted by Gasteiger charge is -2.49. The van der Waals surface area contributed by atoms with Crippen molar-refractivity contribution < 1.29 is 0 Å². The second-order valence-electron chi connectivity index (χ2n) is 7.20. The Bertz CT molecular complexity index is 461. The molecule has 0 unspecified atom stereocenters. The van der Waals surface area contributed by atoms with Gasteiger partial charge in [-0.25, -0.2) is 0 Å². The standard InChI is InChI=1S/C18H24/c1-18-11-4-7-17(18)16-9-8-13-5-2-3-6-14(13)15(16)10-12-18/h2-3,5-6,15-17H,4,7-12H2,1H3/t15-,16-,17+,18+/m0/s1. The van der Waals surface area contributed by atoms with Crippen molar-refractivity contribution in [2.45, 2.75) is 57.8 Å². The van der Waals surface area contributed by atoms with Gasteiger partial charge in [0.05, 0.1) is 0 Å². The fraction of sp³-hybridized carbons (Fsp3) is 0.667. The molecule has 0 bridgehead atoms. The molecule has 2 saturated carbocycles. The van der Waals surface area contributed by atoms with E-state index in [0.29, 0.717) is 5.41 Å². The van der Waals surface area contributed by atoms with E-state index in [1.165, 1.54) is 44.9 Å². The Hall–Kier alpha value is -0.780. The molecule has 0 amide bonds. The average molecular weight is 240 g/mol. The molecule has 0 N–H and O–H groups in total. The molecular formula is C18H24. The molecular weight excluding hydrogens is 216 g/mol. The summed E-state index contributed by atoms with van der Waals surface area (Å²) in [6, 6.07) is 9.27. The highest BCUT2D eigenvalue weighted by Crippen LogP contribution is 2.60. The first-order valence-electron chi connectivity index (χ1n) is 7.86. The maximum atomic E-state index is 2.58. The minimum absolute atomic E-state index is 0.702. The minimum Gasteiger partial charge on any atom is -0.0620 e. The molecule has 18 heavy (non-hydrogen) atoms. The predicted molar refractivity (Wildman–Crippen MR) is 75.7 cm³/mol. The highest BCUT2D eigenvalue weighted by Gasteiger charge is 2.49. The third kappa shape index (κ3) is 1.44. The summed E-state index contributed by atoms with van der Waals surface area (Å²) in [6.45, 7) is 2.58. The summed E-state index contributed by atoms with van der Waals surface area (Å²) in [7, 11) is 0. The number of aryl methyl sites for hydroxylation is 1. The fourth-order valence-electron chi connectivity index (χ4n) is 5.51. The van der Waals surface area contributed by atoms with Gasteiger partial charge in [0.25, 0.3) is 0 Å². The smallest absolute Gasteiger partial charge is 0.0128 e. The quantitative estimate of drug-likeness (QED) is 0.603. The summed E-state index contributed by atoms with van der Waals surface area (Å²) in [5.41, 5.74) is 4.07. The van der Waals surface area contributed by atoms with Crippen molar-refractivity contribution in [2.24, 2.45) is 17.3 Å². The Kier molecular flexibility index (Phi) is 2.37. The van der Waals surface area contributed by atoms with E-state index < -0.39 is 0 Å². The van der Waals surface area contributed by atoms with Crippen molar-refractivity contribution in [1.29, 1.82) is 0 Å². The van der Waals surface area contributed by atoms with Crippen LogP contribution in [-0.4, -0.2) is 0 Å². The van der Waals surface area contributed by atoms with Gasteiger partial charge in [0.1, 0.15) is 0 Å². The molecule has 96 valence electrons. The van der Waals surface area contributed by atoms with Crippen molar-refractivity contribution in [3.8, 4) is 0 Å². The summed E-state index contributed by atoms with van der Waals surface area (Å²) in [5, 5.41) is 0. The Morgan fingerprint density at radius 3 is 2.89 bits per heavy atom. The van der Waals surface area contributed by atoms with E-state index in [2.05, 4.69) is 31.2 Å². The van der Waals surface area contributed by atoms with Crippen LogP contribution < -0.4 is 0 Å². The SMILES string of the molecule is C[C@]12CCC[C@@H]1[C@H]1CCc3ccccc3[C@@H]1CC2. The van der Waals surface area contributed by atoms with Crippen LogP contribution in [0.25, 0.3) is 0 Å². The van der Waals surface area contributed by atoms with E-state index >= 15 is 0 Å². The van der Waals surface area contributed by atoms with Gasteiger partial charge in [-0.1, -0.05) is 37.6 Å². The molecule has 1 aromatic rings. The molecule has 4 atom stereocenters. The van der Waals surface area contributed by atoms with Crippen molar-refractivity contribution in [1.82, 2.24) is 0 Å². The van der Waals surface area contributed by atoms with Crippen molar-refractivity contribution in [2.75, 3.05) is 0 Å². The lowest BCUT2D eigenvalue weighted by Crippen LogP contribution is -2.39. The second kappa shape index (κ2) is 3.85. The van der Waals surface area contributed by atoms with Crippen LogP contribution in [0, 0.1) is 17.3 Å². The van der Waals surface area contributed by atoms with Gasteiger partial charge in [-0.2, -0.15) is 0 Å². The summed E-state index contributed by atoms with van der Waals surface area (Å²) >= 11 is 0. The summed E-state index contributed by atoms with van der Waals surface area (Å²) in [6.07, 6.45) is 10.2. The third-order valence-electron chi connectivity index (χ3n) is 6.42. The van der Waals surface area contributed by atoms with Crippen LogP contribution in [0.15, 0.2) is 24.3 Å². The molecule has 0 heteroatoms. The highest BCUT2D eigenvalue weighted by molar-refractivity contribution is 5.34. The lowest BCUT2D eigenvalue weighted by atomic mass is 9.56. The van der Waals surface area contributed by atoms with Gasteiger partial charge in [-0.3, -0.25) is 0 Å². The van der Waals surface area contributed by atoms with Crippen LogP contribution in [0.1, 0.15) is 62.5 Å². The first-order chi connectivity index (χ1) is 8.78. The molecule has 0 nitrogen and oxygen atoms in total. The number of fused-ring (bicyclic) bond motifs is 5. The first kappa shape index (κ1) is 11.1. The zero-order valence-electron chi connectivity index (χ0n) is 11.5. The topological polar surface area (TPSA) is 0 Å². The Morgan fingerprint density at radius 2 is 1.94 bits per heavy atom. The van der Waals surface area contributed by atoms with Gasteiger partial charge in [-0.05, 0) is 72.8 Å². The Balaban J connectivity index is 1.73. The van der Waals surface area contributed by atoms with Crippen LogP contribution in [0.2, 0.25) is 0 Å². The zero-order chi connectivity index (χ0) is 12.2. The van der Waals surface area contributed by atoms with Crippen molar-refractivity contribution >= 4 is 0 Å². The molecule has 0 saturated heterocycles. The van der Waals surface area contributed by atoms with Gasteiger partial charge < -0.3 is 0 Å². The van der Waals surface area contributed by atoms with Gasteiger partial charge in [0.2, 0.25) is 0 Å². The molecule has 3 aliphatic rings. The normalized spacial score (nSPS) is 41.9. The second-order valence-corrected chi connectivity index (χ2v) is 7.20. The summed E-state index contributed by atoms with van der Waals surface area (Å²) in [4.78, 5) is 0. The molecule has 0 heterocycles. The van der Waals surface area contributed by atoms with Gasteiger partial charge in [-0.15, -0.1) is 0 Å². The van der Waals surface area contributed by atoms with Crippen LogP contribution in [0.5, 0.6) is 0 Å². The van der Waals surface area contributed by atoms with E-state index in [9.17, 15) is 0 Å². The molecule has 0 spiro atoms. The number of hydrogen-bond donors (Lipinski definition) is 0. The van der Waals surface area contributed by atoms with Crippen LogP contribution in [-0.2, 0) is 6.42 Å². The molecule has 0 aromatic heterocycles. The van der Waals surface area contributed by atoms with Crippen LogP contribution in [0.4, 0.5) is 0 Å². The van der Waals surface area contributed by atoms with Gasteiger partial charge >= 0.3 is 0 Å². The number of benzene rings is 1. The number of rotatable bonds is 0. The maximum absolute atomic E-state index is 2.58. The average Bonchev–Trinajstić information content (AvgIpc) is 2.80. The molecule has 3 aliphatic carbocycles. The van der Waals surface area contributed by atoms with Crippen LogP contribution in [0.3, 0.4) is 0 Å². The lowest BCUT2D eigenvalue weighted by molar-refractivity contribution is 0.0598. The molecule has 2 fully saturated rings. The molecule has 1 aromatic carbocycles. The first-order valence-corrected chi connectivity index (χ1v) is 7.86. The Labute approximate surface area is 111 Å². The maximum Gasteiger partial charge on any atom is -0.0128 e. The highest BCUT2D eigenvalue weighted by atomic mass is 14.5. The third-order valence-corrected chi connectivity index (χ3v) is 6.42.